The molecule has 2 aromatic carbocycles. The molecule has 96 valence electrons. The summed E-state index contributed by atoms with van der Waals surface area (Å²) in [5, 5.41) is 0. The second-order valence-electron chi connectivity index (χ2n) is 5.17. The number of ketones is 1. The number of rotatable bonds is 2. The third-order valence-electron chi connectivity index (χ3n) is 3.97. The van der Waals surface area contributed by atoms with E-state index in [1.807, 2.05) is 30.3 Å². The number of benzene rings is 2. The number of hydrogen-bond acceptors (Lipinski definition) is 2. The first-order valence-corrected chi connectivity index (χ1v) is 6.69. The Morgan fingerprint density at radius 3 is 2.26 bits per heavy atom. The van der Waals surface area contributed by atoms with Crippen LogP contribution in [0, 0.1) is 0 Å². The molecule has 19 heavy (non-hydrogen) atoms. The third kappa shape index (κ3) is 2.26. The van der Waals surface area contributed by atoms with Gasteiger partial charge in [-0.25, -0.2) is 0 Å². The van der Waals surface area contributed by atoms with Crippen LogP contribution in [0.5, 0.6) is 0 Å². The molecule has 2 N–H and O–H groups in total. The molecule has 3 rings (SSSR count). The number of nitrogen functional groups attached to an aromatic ring is 1. The van der Waals surface area contributed by atoms with Gasteiger partial charge in [-0.1, -0.05) is 42.5 Å². The van der Waals surface area contributed by atoms with Gasteiger partial charge in [-0.3, -0.25) is 4.79 Å². The Balaban J connectivity index is 1.97. The van der Waals surface area contributed by atoms with Gasteiger partial charge in [-0.2, -0.15) is 0 Å². The lowest BCUT2D eigenvalue weighted by molar-refractivity contribution is -0.118. The van der Waals surface area contributed by atoms with Crippen molar-refractivity contribution in [2.75, 3.05) is 5.73 Å². The van der Waals surface area contributed by atoms with E-state index in [0.717, 1.165) is 17.7 Å². The molecule has 0 amide bonds. The van der Waals surface area contributed by atoms with Crippen LogP contribution in [0.3, 0.4) is 0 Å². The second-order valence-corrected chi connectivity index (χ2v) is 5.17. The fraction of sp³-hybridized carbons (Fsp3) is 0.235. The van der Waals surface area contributed by atoms with Crippen molar-refractivity contribution in [2.45, 2.75) is 24.7 Å². The van der Waals surface area contributed by atoms with Crippen LogP contribution in [0.1, 0.15) is 35.8 Å². The minimum atomic E-state index is 0.00447. The molecule has 1 aliphatic rings. The molecule has 1 saturated carbocycles. The van der Waals surface area contributed by atoms with Crippen molar-refractivity contribution in [2.24, 2.45) is 0 Å². The van der Waals surface area contributed by atoms with Crippen LogP contribution in [0.25, 0.3) is 0 Å². The first kappa shape index (κ1) is 12.0. The summed E-state index contributed by atoms with van der Waals surface area (Å²) in [4.78, 5) is 12.2. The topological polar surface area (TPSA) is 43.1 Å². The van der Waals surface area contributed by atoms with E-state index in [1.54, 1.807) is 0 Å². The Bertz CT molecular complexity index is 574. The van der Waals surface area contributed by atoms with E-state index in [-0.39, 0.29) is 11.8 Å². The Kier molecular flexibility index (Phi) is 3.08. The molecule has 0 aliphatic heterocycles. The summed E-state index contributed by atoms with van der Waals surface area (Å²) in [6, 6.07) is 18.0. The molecule has 2 atom stereocenters. The lowest BCUT2D eigenvalue weighted by Crippen LogP contribution is -2.11. The maximum absolute atomic E-state index is 12.2. The van der Waals surface area contributed by atoms with Crippen molar-refractivity contribution in [3.05, 3.63) is 65.7 Å². The van der Waals surface area contributed by atoms with Gasteiger partial charge in [0.2, 0.25) is 0 Å². The molecular weight excluding hydrogens is 234 g/mol. The highest BCUT2D eigenvalue weighted by Gasteiger charge is 2.36. The lowest BCUT2D eigenvalue weighted by atomic mass is 9.84. The largest absolute Gasteiger partial charge is 0.399 e. The van der Waals surface area contributed by atoms with Gasteiger partial charge in [0.25, 0.3) is 0 Å². The van der Waals surface area contributed by atoms with E-state index in [4.69, 9.17) is 5.73 Å². The minimum absolute atomic E-state index is 0.00447. The van der Waals surface area contributed by atoms with Crippen molar-refractivity contribution < 1.29 is 4.79 Å². The molecule has 2 unspecified atom stereocenters. The van der Waals surface area contributed by atoms with Crippen LogP contribution in [0.4, 0.5) is 5.69 Å². The quantitative estimate of drug-likeness (QED) is 0.830. The molecule has 2 nitrogen and oxygen atoms in total. The molecule has 0 aromatic heterocycles. The minimum Gasteiger partial charge on any atom is -0.399 e. The number of anilines is 1. The lowest BCUT2D eigenvalue weighted by Gasteiger charge is -2.19. The number of carbonyl (C=O) groups is 1. The standard InChI is InChI=1S/C17H17NO/c18-14-8-6-12(7-9-14)15-10-11-16(19)17(15)13-4-2-1-3-5-13/h1-9,15,17H,10-11,18H2. The van der Waals surface area contributed by atoms with Gasteiger partial charge in [0.1, 0.15) is 5.78 Å². The van der Waals surface area contributed by atoms with E-state index in [0.29, 0.717) is 12.2 Å². The van der Waals surface area contributed by atoms with Crippen LogP contribution < -0.4 is 5.73 Å². The zero-order valence-electron chi connectivity index (χ0n) is 10.8. The zero-order valence-corrected chi connectivity index (χ0v) is 10.8. The Hall–Kier alpha value is -2.09. The summed E-state index contributed by atoms with van der Waals surface area (Å²) in [5.41, 5.74) is 8.85. The molecule has 1 fully saturated rings. The predicted octanol–water partition coefficient (Wildman–Crippen LogP) is 3.50. The fourth-order valence-corrected chi connectivity index (χ4v) is 3.03. The van der Waals surface area contributed by atoms with Gasteiger partial charge in [-0.15, -0.1) is 0 Å². The van der Waals surface area contributed by atoms with E-state index in [9.17, 15) is 4.79 Å². The van der Waals surface area contributed by atoms with Crippen LogP contribution >= 0.6 is 0 Å². The smallest absolute Gasteiger partial charge is 0.140 e. The van der Waals surface area contributed by atoms with Gasteiger partial charge >= 0.3 is 0 Å². The maximum atomic E-state index is 12.2. The monoisotopic (exact) mass is 251 g/mol. The molecular formula is C17H17NO. The number of carbonyl (C=O) groups excluding carboxylic acids is 1. The summed E-state index contributed by atoms with van der Waals surface area (Å²) in [6.07, 6.45) is 1.61. The van der Waals surface area contributed by atoms with E-state index in [1.165, 1.54) is 5.56 Å². The predicted molar refractivity (Wildman–Crippen MR) is 77.0 cm³/mol. The first-order chi connectivity index (χ1) is 9.25. The first-order valence-electron chi connectivity index (χ1n) is 6.69. The van der Waals surface area contributed by atoms with Gasteiger partial charge in [0, 0.05) is 18.0 Å². The average Bonchev–Trinajstić information content (AvgIpc) is 2.82. The van der Waals surface area contributed by atoms with Crippen molar-refractivity contribution in [1.29, 1.82) is 0 Å². The van der Waals surface area contributed by atoms with Gasteiger partial charge in [0.15, 0.2) is 0 Å². The number of Topliss-reactive ketones (excluding diaryl/α,β-unsaturated/α-hetero) is 1. The van der Waals surface area contributed by atoms with E-state index >= 15 is 0 Å². The van der Waals surface area contributed by atoms with Crippen LogP contribution in [-0.2, 0) is 4.79 Å². The zero-order chi connectivity index (χ0) is 13.2. The van der Waals surface area contributed by atoms with Crippen molar-refractivity contribution in [1.82, 2.24) is 0 Å². The van der Waals surface area contributed by atoms with Gasteiger partial charge < -0.3 is 5.73 Å². The van der Waals surface area contributed by atoms with Crippen LogP contribution in [0.2, 0.25) is 0 Å². The van der Waals surface area contributed by atoms with E-state index < -0.39 is 0 Å². The third-order valence-corrected chi connectivity index (χ3v) is 3.97. The van der Waals surface area contributed by atoms with Crippen molar-refractivity contribution in [3.8, 4) is 0 Å². The number of hydrogen-bond donors (Lipinski definition) is 1. The molecule has 2 heteroatoms. The molecule has 0 spiro atoms. The van der Waals surface area contributed by atoms with Crippen LogP contribution in [-0.4, -0.2) is 5.78 Å². The van der Waals surface area contributed by atoms with E-state index in [2.05, 4.69) is 24.3 Å². The molecule has 0 saturated heterocycles. The fourth-order valence-electron chi connectivity index (χ4n) is 3.03. The Labute approximate surface area is 113 Å². The van der Waals surface area contributed by atoms with Crippen LogP contribution in [0.15, 0.2) is 54.6 Å². The number of nitrogens with two attached hydrogens (primary N) is 1. The molecule has 0 heterocycles. The maximum Gasteiger partial charge on any atom is 0.140 e. The Morgan fingerprint density at radius 2 is 1.58 bits per heavy atom. The molecule has 1 aliphatic carbocycles. The summed E-state index contributed by atoms with van der Waals surface area (Å²) < 4.78 is 0. The average molecular weight is 251 g/mol. The normalized spacial score (nSPS) is 22.6. The highest BCUT2D eigenvalue weighted by atomic mass is 16.1. The van der Waals surface area contributed by atoms with Gasteiger partial charge in [-0.05, 0) is 35.6 Å². The summed E-state index contributed by atoms with van der Waals surface area (Å²) in [5.74, 6) is 0.647. The molecule has 0 radical (unpaired) electrons. The van der Waals surface area contributed by atoms with Gasteiger partial charge in [0.05, 0.1) is 0 Å². The molecule has 2 aromatic rings. The Morgan fingerprint density at radius 1 is 0.895 bits per heavy atom. The highest BCUT2D eigenvalue weighted by Crippen LogP contribution is 2.43. The second kappa shape index (κ2) is 4.88. The van der Waals surface area contributed by atoms with Crippen molar-refractivity contribution >= 4 is 11.5 Å². The molecule has 0 bridgehead atoms. The SMILES string of the molecule is Nc1ccc(C2CCC(=O)C2c2ccccc2)cc1. The highest BCUT2D eigenvalue weighted by molar-refractivity contribution is 5.89. The summed E-state index contributed by atoms with van der Waals surface area (Å²) in [6.45, 7) is 0. The summed E-state index contributed by atoms with van der Waals surface area (Å²) >= 11 is 0. The summed E-state index contributed by atoms with van der Waals surface area (Å²) in [7, 11) is 0. The van der Waals surface area contributed by atoms with Crippen molar-refractivity contribution in [3.63, 3.8) is 0 Å².